The van der Waals surface area contributed by atoms with E-state index in [1.54, 1.807) is 14.0 Å². The van der Waals surface area contributed by atoms with Gasteiger partial charge in [0.15, 0.2) is 6.10 Å². The van der Waals surface area contributed by atoms with Gasteiger partial charge >= 0.3 is 0 Å². The number of ether oxygens (including phenoxy) is 2. The van der Waals surface area contributed by atoms with Crippen LogP contribution in [-0.2, 0) is 11.3 Å². The van der Waals surface area contributed by atoms with Gasteiger partial charge in [-0.25, -0.2) is 0 Å². The minimum atomic E-state index is -0.549. The summed E-state index contributed by atoms with van der Waals surface area (Å²) in [7, 11) is 1.62. The van der Waals surface area contributed by atoms with E-state index in [1.807, 2.05) is 55.5 Å². The second kappa shape index (κ2) is 7.50. The number of carbonyl (C=O) groups excluding carboxylic acids is 1. The van der Waals surface area contributed by atoms with Crippen molar-refractivity contribution in [2.24, 2.45) is 0 Å². The maximum atomic E-state index is 12.1. The van der Waals surface area contributed by atoms with Crippen LogP contribution in [0.3, 0.4) is 0 Å². The topological polar surface area (TPSA) is 47.6 Å². The summed E-state index contributed by atoms with van der Waals surface area (Å²) >= 11 is 0. The Morgan fingerprint density at radius 1 is 1.18 bits per heavy atom. The first-order chi connectivity index (χ1) is 10.6. The molecule has 0 heterocycles. The average molecular weight is 299 g/mol. The Hall–Kier alpha value is -2.49. The van der Waals surface area contributed by atoms with Crippen molar-refractivity contribution in [3.8, 4) is 11.5 Å². The van der Waals surface area contributed by atoms with Gasteiger partial charge in [0.1, 0.15) is 11.5 Å². The lowest BCUT2D eigenvalue weighted by Gasteiger charge is -2.16. The van der Waals surface area contributed by atoms with Crippen molar-refractivity contribution >= 4 is 5.91 Å². The molecule has 0 fully saturated rings. The molecule has 22 heavy (non-hydrogen) atoms. The summed E-state index contributed by atoms with van der Waals surface area (Å²) in [4.78, 5) is 12.1. The smallest absolute Gasteiger partial charge is 0.261 e. The number of hydrogen-bond acceptors (Lipinski definition) is 3. The highest BCUT2D eigenvalue weighted by Gasteiger charge is 2.15. The van der Waals surface area contributed by atoms with E-state index in [9.17, 15) is 4.79 Å². The highest BCUT2D eigenvalue weighted by atomic mass is 16.5. The molecular weight excluding hydrogens is 278 g/mol. The molecular formula is C18H21NO3. The Bertz CT molecular complexity index is 640. The molecule has 116 valence electrons. The summed E-state index contributed by atoms with van der Waals surface area (Å²) in [5.41, 5.74) is 1.99. The maximum Gasteiger partial charge on any atom is 0.261 e. The van der Waals surface area contributed by atoms with E-state index in [0.717, 1.165) is 22.6 Å². The fraction of sp³-hybridized carbons (Fsp3) is 0.278. The van der Waals surface area contributed by atoms with E-state index in [2.05, 4.69) is 5.32 Å². The van der Waals surface area contributed by atoms with Gasteiger partial charge in [0, 0.05) is 6.54 Å². The van der Waals surface area contributed by atoms with Crippen LogP contribution in [0.25, 0.3) is 0 Å². The van der Waals surface area contributed by atoms with E-state index >= 15 is 0 Å². The van der Waals surface area contributed by atoms with E-state index in [0.29, 0.717) is 6.54 Å². The summed E-state index contributed by atoms with van der Waals surface area (Å²) < 4.78 is 10.9. The van der Waals surface area contributed by atoms with Gasteiger partial charge in [-0.2, -0.15) is 0 Å². The number of para-hydroxylation sites is 1. The number of aryl methyl sites for hydroxylation is 1. The molecule has 4 heteroatoms. The van der Waals surface area contributed by atoms with E-state index in [1.165, 1.54) is 0 Å². The van der Waals surface area contributed by atoms with Crippen molar-refractivity contribution in [3.05, 3.63) is 59.7 Å². The van der Waals surface area contributed by atoms with E-state index < -0.39 is 6.10 Å². The minimum Gasteiger partial charge on any atom is -0.497 e. The number of rotatable bonds is 6. The lowest BCUT2D eigenvalue weighted by Crippen LogP contribution is -2.36. The zero-order chi connectivity index (χ0) is 15.9. The molecule has 0 aliphatic rings. The largest absolute Gasteiger partial charge is 0.497 e. The van der Waals surface area contributed by atoms with Crippen molar-refractivity contribution in [2.45, 2.75) is 26.5 Å². The zero-order valence-corrected chi connectivity index (χ0v) is 13.1. The second-order valence-electron chi connectivity index (χ2n) is 5.09. The molecule has 1 unspecified atom stereocenters. The molecule has 0 bridgehead atoms. The SMILES string of the molecule is COc1cccc(CNC(=O)C(C)Oc2ccccc2C)c1. The molecule has 4 nitrogen and oxygen atoms in total. The molecule has 0 aliphatic carbocycles. The fourth-order valence-corrected chi connectivity index (χ4v) is 2.05. The van der Waals surface area contributed by atoms with Gasteiger partial charge in [-0.1, -0.05) is 30.3 Å². The number of carbonyl (C=O) groups is 1. The monoisotopic (exact) mass is 299 g/mol. The Balaban J connectivity index is 1.90. The number of benzene rings is 2. The third-order valence-corrected chi connectivity index (χ3v) is 3.37. The van der Waals surface area contributed by atoms with Gasteiger partial charge in [-0.3, -0.25) is 4.79 Å². The van der Waals surface area contributed by atoms with Crippen molar-refractivity contribution in [2.75, 3.05) is 7.11 Å². The standard InChI is InChI=1S/C18H21NO3/c1-13-7-4-5-10-17(13)22-14(2)18(20)19-12-15-8-6-9-16(11-15)21-3/h4-11,14H,12H2,1-3H3,(H,19,20). The van der Waals surface area contributed by atoms with Crippen molar-refractivity contribution in [1.29, 1.82) is 0 Å². The molecule has 2 aromatic rings. The predicted molar refractivity (Wildman–Crippen MR) is 86.1 cm³/mol. The third-order valence-electron chi connectivity index (χ3n) is 3.37. The molecule has 2 rings (SSSR count). The predicted octanol–water partition coefficient (Wildman–Crippen LogP) is 3.09. The normalized spacial score (nSPS) is 11.6. The van der Waals surface area contributed by atoms with Crippen molar-refractivity contribution in [1.82, 2.24) is 5.32 Å². The molecule has 0 spiro atoms. The van der Waals surface area contributed by atoms with Crippen molar-refractivity contribution < 1.29 is 14.3 Å². The first-order valence-electron chi connectivity index (χ1n) is 7.23. The van der Waals surface area contributed by atoms with Gasteiger partial charge in [0.05, 0.1) is 7.11 Å². The van der Waals surface area contributed by atoms with Crippen LogP contribution in [0, 0.1) is 6.92 Å². The Kier molecular flexibility index (Phi) is 5.42. The van der Waals surface area contributed by atoms with Crippen LogP contribution < -0.4 is 14.8 Å². The summed E-state index contributed by atoms with van der Waals surface area (Å²) in [5, 5.41) is 2.87. The molecule has 1 N–H and O–H groups in total. The molecule has 1 atom stereocenters. The van der Waals surface area contributed by atoms with Crippen LogP contribution in [-0.4, -0.2) is 19.1 Å². The van der Waals surface area contributed by atoms with Gasteiger partial charge in [-0.05, 0) is 43.2 Å². The average Bonchev–Trinajstić information content (AvgIpc) is 2.54. The number of methoxy groups -OCH3 is 1. The zero-order valence-electron chi connectivity index (χ0n) is 13.1. The lowest BCUT2D eigenvalue weighted by atomic mass is 10.2. The summed E-state index contributed by atoms with van der Waals surface area (Å²) in [5.74, 6) is 1.36. The first kappa shape index (κ1) is 15.9. The van der Waals surface area contributed by atoms with Gasteiger partial charge in [-0.15, -0.1) is 0 Å². The Morgan fingerprint density at radius 2 is 1.95 bits per heavy atom. The highest BCUT2D eigenvalue weighted by molar-refractivity contribution is 5.80. The number of nitrogens with one attached hydrogen (secondary N) is 1. The van der Waals surface area contributed by atoms with Gasteiger partial charge in [0.2, 0.25) is 0 Å². The summed E-state index contributed by atoms with van der Waals surface area (Å²) in [6.07, 6.45) is -0.549. The van der Waals surface area contributed by atoms with Gasteiger partial charge < -0.3 is 14.8 Å². The van der Waals surface area contributed by atoms with Crippen molar-refractivity contribution in [3.63, 3.8) is 0 Å². The number of amides is 1. The van der Waals surface area contributed by atoms with E-state index in [4.69, 9.17) is 9.47 Å². The minimum absolute atomic E-state index is 0.147. The number of hydrogen-bond donors (Lipinski definition) is 1. The molecule has 1 amide bonds. The van der Waals surface area contributed by atoms with Crippen LogP contribution in [0.5, 0.6) is 11.5 Å². The molecule has 0 radical (unpaired) electrons. The maximum absolute atomic E-state index is 12.1. The van der Waals surface area contributed by atoms with Crippen LogP contribution >= 0.6 is 0 Å². The highest BCUT2D eigenvalue weighted by Crippen LogP contribution is 2.18. The Labute approximate surface area is 131 Å². The quantitative estimate of drug-likeness (QED) is 0.891. The van der Waals surface area contributed by atoms with E-state index in [-0.39, 0.29) is 5.91 Å². The second-order valence-corrected chi connectivity index (χ2v) is 5.09. The van der Waals surface area contributed by atoms with Crippen LogP contribution in [0.1, 0.15) is 18.1 Å². The summed E-state index contributed by atoms with van der Waals surface area (Å²) in [6, 6.07) is 15.3. The lowest BCUT2D eigenvalue weighted by molar-refractivity contribution is -0.127. The molecule has 0 aliphatic heterocycles. The Morgan fingerprint density at radius 3 is 2.68 bits per heavy atom. The molecule has 0 aromatic heterocycles. The third kappa shape index (κ3) is 4.25. The molecule has 0 saturated heterocycles. The first-order valence-corrected chi connectivity index (χ1v) is 7.23. The molecule has 0 saturated carbocycles. The van der Waals surface area contributed by atoms with Crippen LogP contribution in [0.15, 0.2) is 48.5 Å². The van der Waals surface area contributed by atoms with Crippen LogP contribution in [0.4, 0.5) is 0 Å². The molecule has 2 aromatic carbocycles. The summed E-state index contributed by atoms with van der Waals surface area (Å²) in [6.45, 7) is 4.14. The van der Waals surface area contributed by atoms with Crippen LogP contribution in [0.2, 0.25) is 0 Å². The van der Waals surface area contributed by atoms with Gasteiger partial charge in [0.25, 0.3) is 5.91 Å². The fourth-order valence-electron chi connectivity index (χ4n) is 2.05.